The Kier molecular flexibility index (Phi) is 8.36. The Balaban J connectivity index is 1.33. The second-order valence-electron chi connectivity index (χ2n) is 15.1. The third kappa shape index (κ3) is 4.90. The largest absolute Gasteiger partial charge is 0.504 e. The molecule has 10 rings (SSSR count). The van der Waals surface area contributed by atoms with E-state index in [2.05, 4.69) is 21.2 Å². The lowest BCUT2D eigenvalue weighted by atomic mass is 9.71. The van der Waals surface area contributed by atoms with Crippen LogP contribution in [0.5, 0.6) is 40.2 Å². The average molecular weight is 771 g/mol. The Morgan fingerprint density at radius 2 is 1.84 bits per heavy atom. The fourth-order valence-corrected chi connectivity index (χ4v) is 11.9. The topological polar surface area (TPSA) is 172 Å². The number of carbonyl (C=O) groups excluding carboxylic acids is 2. The zero-order valence-electron chi connectivity index (χ0n) is 31.3. The summed E-state index contributed by atoms with van der Waals surface area (Å²) in [4.78, 5) is 32.0. The highest BCUT2D eigenvalue weighted by atomic mass is 32.2. The molecule has 3 aromatic rings. The third-order valence-corrected chi connectivity index (χ3v) is 13.9. The molecule has 7 heterocycles. The summed E-state index contributed by atoms with van der Waals surface area (Å²) in [5.74, 6) is 0.973. The summed E-state index contributed by atoms with van der Waals surface area (Å²) in [5.41, 5.74) is 4.41. The van der Waals surface area contributed by atoms with Crippen molar-refractivity contribution in [3.8, 4) is 46.3 Å². The number of aromatic hydroxyl groups is 2. The van der Waals surface area contributed by atoms with Gasteiger partial charge in [-0.15, -0.1) is 11.8 Å². The zero-order chi connectivity index (χ0) is 38.7. The molecule has 0 aliphatic carbocycles. The van der Waals surface area contributed by atoms with Crippen molar-refractivity contribution in [3.63, 3.8) is 0 Å². The van der Waals surface area contributed by atoms with Crippen molar-refractivity contribution in [2.45, 2.75) is 74.6 Å². The van der Waals surface area contributed by atoms with Crippen LogP contribution in [0.25, 0.3) is 0 Å². The predicted molar refractivity (Wildman–Crippen MR) is 198 cm³/mol. The fraction of sp³-hybridized carbons (Fsp3) is 0.475. The first-order valence-corrected chi connectivity index (χ1v) is 19.4. The molecule has 2 saturated heterocycles. The average Bonchev–Trinajstić information content (AvgIpc) is 3.65. The van der Waals surface area contributed by atoms with Gasteiger partial charge in [0.2, 0.25) is 6.79 Å². The van der Waals surface area contributed by atoms with E-state index in [-0.39, 0.29) is 42.4 Å². The Labute approximate surface area is 322 Å². The van der Waals surface area contributed by atoms with Gasteiger partial charge in [0.05, 0.1) is 37.6 Å². The number of carbonyl (C=O) groups is 2. The molecule has 3 N–H and O–H groups in total. The molecule has 0 amide bonds. The number of aryl methyl sites for hydroxylation is 1. The Morgan fingerprint density at radius 1 is 1.05 bits per heavy atom. The van der Waals surface area contributed by atoms with Crippen LogP contribution in [0.1, 0.15) is 68.8 Å². The van der Waals surface area contributed by atoms with Gasteiger partial charge in [0.15, 0.2) is 40.0 Å². The second-order valence-corrected chi connectivity index (χ2v) is 16.2. The van der Waals surface area contributed by atoms with E-state index in [9.17, 15) is 25.1 Å². The molecule has 15 heteroatoms. The van der Waals surface area contributed by atoms with Crippen LogP contribution in [0, 0.1) is 25.2 Å². The number of piperazine rings is 1. The van der Waals surface area contributed by atoms with Gasteiger partial charge in [-0.25, -0.2) is 4.79 Å². The number of ether oxygens (including phenoxy) is 6. The molecular weight excluding hydrogens is 729 g/mol. The molecule has 1 unspecified atom stereocenters. The number of nitriles is 1. The van der Waals surface area contributed by atoms with Crippen LogP contribution in [-0.2, 0) is 32.7 Å². The Bertz CT molecular complexity index is 2220. The maximum absolute atomic E-state index is 14.7. The number of nitrogens with zero attached hydrogens (tertiary/aromatic N) is 3. The summed E-state index contributed by atoms with van der Waals surface area (Å²) < 4.78 is 36.1. The Morgan fingerprint density at radius 3 is 2.56 bits per heavy atom. The van der Waals surface area contributed by atoms with Crippen molar-refractivity contribution in [2.24, 2.45) is 0 Å². The molecule has 0 radical (unpaired) electrons. The van der Waals surface area contributed by atoms with E-state index < -0.39 is 46.9 Å². The number of esters is 2. The number of phenols is 2. The quantitative estimate of drug-likeness (QED) is 0.258. The van der Waals surface area contributed by atoms with Crippen molar-refractivity contribution >= 4 is 23.7 Å². The number of hydrogen-bond donors (Lipinski definition) is 3. The highest BCUT2D eigenvalue weighted by molar-refractivity contribution is 7.99. The first kappa shape index (κ1) is 35.8. The molecule has 7 aliphatic heterocycles. The lowest BCUT2D eigenvalue weighted by Crippen LogP contribution is -2.69. The monoisotopic (exact) mass is 770 g/mol. The summed E-state index contributed by atoms with van der Waals surface area (Å²) in [5, 5.41) is 36.9. The van der Waals surface area contributed by atoms with Crippen LogP contribution in [0.3, 0.4) is 0 Å². The number of nitrogens with one attached hydrogen (secondary N) is 1. The molecule has 7 aliphatic rings. The number of fused-ring (bicyclic) bond motifs is 9. The van der Waals surface area contributed by atoms with Crippen molar-refractivity contribution in [1.29, 1.82) is 5.26 Å². The second kappa shape index (κ2) is 12.8. The molecule has 2 fully saturated rings. The maximum Gasteiger partial charge on any atom is 0.331 e. The summed E-state index contributed by atoms with van der Waals surface area (Å²) in [6.45, 7) is 5.28. The van der Waals surface area contributed by atoms with Gasteiger partial charge in [-0.1, -0.05) is 6.07 Å². The van der Waals surface area contributed by atoms with E-state index in [0.29, 0.717) is 70.2 Å². The maximum atomic E-state index is 14.7. The minimum absolute atomic E-state index is 0.0239. The van der Waals surface area contributed by atoms with Crippen molar-refractivity contribution in [1.82, 2.24) is 15.1 Å². The van der Waals surface area contributed by atoms with Crippen molar-refractivity contribution in [3.05, 3.63) is 62.7 Å². The standard InChI is InChI=1S/C40H42N4O10S/c1-17-9-21-10-23-24(13-41)44-25-14-51-39(48)40(22-12-27(49-5)26(46)11-20(22)7-8-42-40)15-55-38(32(44)31(43(23)4)28(21)33(47)34(17)50-6)30-29(25)37-36(52-16-53-37)18(2)35(30)54-19(3)45/h9,11-12,23-25,31-32,38,42,46-47H,7-8,10,14-16H2,1-6H3/t23-,24+,25+,31+,32?,38-,40-/m1/s1. The van der Waals surface area contributed by atoms with Gasteiger partial charge in [-0.2, -0.15) is 5.26 Å². The van der Waals surface area contributed by atoms with E-state index in [1.165, 1.54) is 32.9 Å². The lowest BCUT2D eigenvalue weighted by molar-refractivity contribution is -0.157. The van der Waals surface area contributed by atoms with Gasteiger partial charge in [-0.3, -0.25) is 19.9 Å². The van der Waals surface area contributed by atoms with E-state index in [1.807, 2.05) is 27.0 Å². The number of thioether (sulfide) groups is 1. The van der Waals surface area contributed by atoms with E-state index in [1.54, 1.807) is 12.1 Å². The Hall–Kier alpha value is -4.88. The minimum atomic E-state index is -1.36. The van der Waals surface area contributed by atoms with E-state index in [0.717, 1.165) is 16.7 Å². The minimum Gasteiger partial charge on any atom is -0.504 e. The van der Waals surface area contributed by atoms with Crippen molar-refractivity contribution in [2.75, 3.05) is 47.0 Å². The van der Waals surface area contributed by atoms with Gasteiger partial charge >= 0.3 is 11.9 Å². The number of rotatable bonds is 3. The smallest absolute Gasteiger partial charge is 0.331 e. The number of hydrogen-bond acceptors (Lipinski definition) is 15. The molecule has 55 heavy (non-hydrogen) atoms. The zero-order valence-corrected chi connectivity index (χ0v) is 32.2. The summed E-state index contributed by atoms with van der Waals surface area (Å²) in [7, 11) is 4.99. The first-order chi connectivity index (χ1) is 26.4. The summed E-state index contributed by atoms with van der Waals surface area (Å²) >= 11 is 1.48. The first-order valence-electron chi connectivity index (χ1n) is 18.3. The van der Waals surface area contributed by atoms with Gasteiger partial charge in [-0.05, 0) is 68.1 Å². The molecule has 3 aromatic carbocycles. The normalized spacial score (nSPS) is 28.9. The predicted octanol–water partition coefficient (Wildman–Crippen LogP) is 3.99. The number of likely N-dealkylation sites (N-methyl/N-ethyl adjacent to an activating group) is 1. The van der Waals surface area contributed by atoms with E-state index in [4.69, 9.17) is 28.4 Å². The van der Waals surface area contributed by atoms with Gasteiger partial charge in [0, 0.05) is 53.6 Å². The highest BCUT2D eigenvalue weighted by Gasteiger charge is 2.62. The van der Waals surface area contributed by atoms with Crippen LogP contribution >= 0.6 is 11.8 Å². The molecule has 0 aromatic heterocycles. The fourth-order valence-electron chi connectivity index (χ4n) is 10.2. The lowest BCUT2D eigenvalue weighted by Gasteiger charge is -2.62. The third-order valence-electron chi connectivity index (χ3n) is 12.4. The number of phenolic OH excluding ortho intramolecular Hbond substituents is 2. The van der Waals surface area contributed by atoms with Crippen LogP contribution < -0.4 is 29.0 Å². The van der Waals surface area contributed by atoms with Crippen LogP contribution in [0.15, 0.2) is 18.2 Å². The molecule has 1 spiro atoms. The van der Waals surface area contributed by atoms with Crippen LogP contribution in [0.2, 0.25) is 0 Å². The van der Waals surface area contributed by atoms with E-state index >= 15 is 0 Å². The molecule has 0 saturated carbocycles. The number of methoxy groups -OCH3 is 2. The van der Waals surface area contributed by atoms with Crippen LogP contribution in [0.4, 0.5) is 0 Å². The molecule has 4 bridgehead atoms. The van der Waals surface area contributed by atoms with Crippen molar-refractivity contribution < 1.29 is 48.2 Å². The summed E-state index contributed by atoms with van der Waals surface area (Å²) in [6, 6.07) is 5.28. The van der Waals surface area contributed by atoms with Gasteiger partial charge in [0.1, 0.15) is 18.4 Å². The molecule has 288 valence electrons. The molecular formula is C40H42N4O10S. The van der Waals surface area contributed by atoms with Crippen LogP contribution in [-0.4, -0.2) is 97.0 Å². The highest BCUT2D eigenvalue weighted by Crippen LogP contribution is 2.64. The molecule has 7 atom stereocenters. The summed E-state index contributed by atoms with van der Waals surface area (Å²) in [6.07, 6.45) is 1.05. The van der Waals surface area contributed by atoms with Gasteiger partial charge in [0.25, 0.3) is 0 Å². The number of benzene rings is 3. The SMILES string of the molecule is COc1cc2c(cc1O)CCN[C@]21CS[C@@H]2c3c(OC(C)=O)c(C)c4c(c3[C@H](COC1=O)N1C2[C@@H]2c3c(cc(C)c(OC)c3O)C[C@H]([C@@H]1C#N)N2C)OCO4. The van der Waals surface area contributed by atoms with Gasteiger partial charge < -0.3 is 38.6 Å². The molecule has 14 nitrogen and oxygen atoms in total.